The van der Waals surface area contributed by atoms with Crippen LogP contribution >= 0.6 is 0 Å². The van der Waals surface area contributed by atoms with E-state index in [1.54, 1.807) is 0 Å². The fourth-order valence-corrected chi connectivity index (χ4v) is 4.12. The molecule has 30 heavy (non-hydrogen) atoms. The Hall–Kier alpha value is -2.13. The molecule has 2 atom stereocenters. The smallest absolute Gasteiger partial charge is 0.475 e. The fraction of sp³-hybridized carbons (Fsp3) is 0.619. The van der Waals surface area contributed by atoms with E-state index in [-0.39, 0.29) is 11.3 Å². The second-order valence-corrected chi connectivity index (χ2v) is 8.46. The van der Waals surface area contributed by atoms with Crippen LogP contribution in [0.2, 0.25) is 0 Å². The van der Waals surface area contributed by atoms with Gasteiger partial charge in [0.05, 0.1) is 13.2 Å². The number of nitrogens with one attached hydrogen (secondary N) is 1. The first-order valence-corrected chi connectivity index (χ1v) is 10.1. The summed E-state index contributed by atoms with van der Waals surface area (Å²) in [5, 5.41) is 10.3. The van der Waals surface area contributed by atoms with Crippen LogP contribution in [0.1, 0.15) is 24.8 Å². The molecule has 1 saturated carbocycles. The molecule has 1 amide bonds. The van der Waals surface area contributed by atoms with Crippen molar-refractivity contribution in [2.45, 2.75) is 32.0 Å². The zero-order valence-corrected chi connectivity index (χ0v) is 16.7. The number of aliphatic carboxylic acids is 1. The van der Waals surface area contributed by atoms with Gasteiger partial charge >= 0.3 is 12.1 Å². The van der Waals surface area contributed by atoms with Crippen LogP contribution in [0.3, 0.4) is 0 Å². The fourth-order valence-electron chi connectivity index (χ4n) is 4.12. The van der Waals surface area contributed by atoms with E-state index >= 15 is 0 Å². The van der Waals surface area contributed by atoms with E-state index in [4.69, 9.17) is 14.6 Å². The van der Waals surface area contributed by atoms with Gasteiger partial charge in [-0.1, -0.05) is 30.3 Å². The molecule has 2 saturated heterocycles. The topological polar surface area (TPSA) is 78.9 Å². The minimum atomic E-state index is -5.08. The third-order valence-corrected chi connectivity index (χ3v) is 5.88. The Bertz CT molecular complexity index is 740. The third-order valence-electron chi connectivity index (χ3n) is 5.88. The first kappa shape index (κ1) is 22.6. The Labute approximate surface area is 173 Å². The van der Waals surface area contributed by atoms with E-state index in [2.05, 4.69) is 40.5 Å². The Balaban J connectivity index is 0.000000318. The van der Waals surface area contributed by atoms with Crippen LogP contribution in [-0.2, 0) is 20.9 Å². The van der Waals surface area contributed by atoms with Gasteiger partial charge in [0.15, 0.2) is 0 Å². The number of likely N-dealkylation sites (tertiary alicyclic amines) is 1. The molecule has 4 rings (SSSR count). The minimum absolute atomic E-state index is 0.0302. The van der Waals surface area contributed by atoms with Gasteiger partial charge in [-0.15, -0.1) is 0 Å². The molecule has 3 fully saturated rings. The Kier molecular flexibility index (Phi) is 7.02. The van der Waals surface area contributed by atoms with E-state index in [0.717, 1.165) is 45.3 Å². The van der Waals surface area contributed by atoms with Gasteiger partial charge in [0, 0.05) is 43.9 Å². The van der Waals surface area contributed by atoms with Crippen LogP contribution in [0.15, 0.2) is 30.3 Å². The summed E-state index contributed by atoms with van der Waals surface area (Å²) in [4.78, 5) is 23.7. The number of carboxylic acid groups (broad SMARTS) is 1. The van der Waals surface area contributed by atoms with Crippen LogP contribution in [-0.4, -0.2) is 60.9 Å². The summed E-state index contributed by atoms with van der Waals surface area (Å²) in [6, 6.07) is 10.6. The zero-order chi connectivity index (χ0) is 21.8. The molecule has 1 aromatic rings. The van der Waals surface area contributed by atoms with Gasteiger partial charge in [0.1, 0.15) is 0 Å². The van der Waals surface area contributed by atoms with Crippen molar-refractivity contribution in [1.29, 1.82) is 0 Å². The van der Waals surface area contributed by atoms with Gasteiger partial charge in [-0.2, -0.15) is 13.2 Å². The van der Waals surface area contributed by atoms with Crippen LogP contribution in [0.25, 0.3) is 0 Å². The number of rotatable bonds is 6. The average molecular weight is 428 g/mol. The molecule has 0 aromatic heterocycles. The summed E-state index contributed by atoms with van der Waals surface area (Å²) in [6.07, 6.45) is -1.90. The lowest BCUT2D eigenvalue weighted by atomic mass is 9.78. The number of amides is 1. The number of benzene rings is 1. The molecule has 166 valence electrons. The summed E-state index contributed by atoms with van der Waals surface area (Å²) < 4.78 is 37.5. The maximum Gasteiger partial charge on any atom is 0.490 e. The van der Waals surface area contributed by atoms with Crippen LogP contribution in [0.5, 0.6) is 0 Å². The molecule has 1 aromatic carbocycles. The molecule has 9 heteroatoms. The average Bonchev–Trinajstić information content (AvgIpc) is 3.35. The first-order chi connectivity index (χ1) is 14.2. The SMILES string of the molecule is O=C(C[C@]12COC[C@H]1CN(Cc1ccccc1)C2)NCC1CC1.O=C(O)C(F)(F)F. The number of halogens is 3. The maximum absolute atomic E-state index is 12.3. The number of ether oxygens (including phenoxy) is 1. The highest BCUT2D eigenvalue weighted by molar-refractivity contribution is 5.77. The molecule has 6 nitrogen and oxygen atoms in total. The monoisotopic (exact) mass is 428 g/mol. The largest absolute Gasteiger partial charge is 0.490 e. The lowest BCUT2D eigenvalue weighted by Crippen LogP contribution is -2.38. The van der Waals surface area contributed by atoms with Gasteiger partial charge < -0.3 is 15.2 Å². The van der Waals surface area contributed by atoms with Crippen molar-refractivity contribution in [2.75, 3.05) is 32.8 Å². The van der Waals surface area contributed by atoms with E-state index in [1.807, 2.05) is 0 Å². The number of hydrogen-bond acceptors (Lipinski definition) is 4. The summed E-state index contributed by atoms with van der Waals surface area (Å²) in [5.41, 5.74) is 1.38. The highest BCUT2D eigenvalue weighted by Gasteiger charge is 2.51. The molecular formula is C21H27F3N2O4. The molecule has 3 aliphatic rings. The Morgan fingerprint density at radius 1 is 1.23 bits per heavy atom. The Morgan fingerprint density at radius 3 is 2.50 bits per heavy atom. The van der Waals surface area contributed by atoms with Crippen molar-refractivity contribution >= 4 is 11.9 Å². The first-order valence-electron chi connectivity index (χ1n) is 10.1. The quantitative estimate of drug-likeness (QED) is 0.729. The van der Waals surface area contributed by atoms with Crippen LogP contribution in [0.4, 0.5) is 13.2 Å². The van der Waals surface area contributed by atoms with Gasteiger partial charge in [0.2, 0.25) is 5.91 Å². The number of alkyl halides is 3. The molecule has 0 bridgehead atoms. The number of nitrogens with zero attached hydrogens (tertiary/aromatic N) is 1. The van der Waals surface area contributed by atoms with Crippen molar-refractivity contribution in [3.8, 4) is 0 Å². The second-order valence-electron chi connectivity index (χ2n) is 8.46. The van der Waals surface area contributed by atoms with E-state index in [9.17, 15) is 18.0 Å². The van der Waals surface area contributed by atoms with Crippen molar-refractivity contribution in [1.82, 2.24) is 10.2 Å². The van der Waals surface area contributed by atoms with Crippen molar-refractivity contribution < 1.29 is 32.6 Å². The lowest BCUT2D eigenvalue weighted by molar-refractivity contribution is -0.192. The summed E-state index contributed by atoms with van der Waals surface area (Å²) in [6.45, 7) is 5.41. The zero-order valence-electron chi connectivity index (χ0n) is 16.7. The van der Waals surface area contributed by atoms with E-state index in [0.29, 0.717) is 12.3 Å². The number of fused-ring (bicyclic) bond motifs is 1. The predicted octanol–water partition coefficient (Wildman–Crippen LogP) is 2.68. The minimum Gasteiger partial charge on any atom is -0.475 e. The maximum atomic E-state index is 12.3. The highest BCUT2D eigenvalue weighted by Crippen LogP contribution is 2.44. The van der Waals surface area contributed by atoms with E-state index in [1.165, 1.54) is 18.4 Å². The molecule has 0 spiro atoms. The molecule has 2 heterocycles. The summed E-state index contributed by atoms with van der Waals surface area (Å²) in [7, 11) is 0. The molecule has 1 aliphatic carbocycles. The predicted molar refractivity (Wildman–Crippen MR) is 103 cm³/mol. The van der Waals surface area contributed by atoms with Gasteiger partial charge in [0.25, 0.3) is 0 Å². The Morgan fingerprint density at radius 2 is 1.90 bits per heavy atom. The van der Waals surface area contributed by atoms with Crippen molar-refractivity contribution in [3.63, 3.8) is 0 Å². The van der Waals surface area contributed by atoms with E-state index < -0.39 is 12.1 Å². The lowest BCUT2D eigenvalue weighted by Gasteiger charge is -2.26. The standard InChI is InChI=1S/C19H26N2O2.C2HF3O2/c22-18(20-9-15-6-7-15)8-19-13-21(11-17(19)12-23-14-19)10-16-4-2-1-3-5-16;3-2(4,5)1(6)7/h1-5,15,17H,6-14H2,(H,20,22);(H,6,7)/t17-,19+;/m1./s1. The molecule has 2 aliphatic heterocycles. The molecule has 2 N–H and O–H groups in total. The second kappa shape index (κ2) is 9.34. The summed E-state index contributed by atoms with van der Waals surface area (Å²) >= 11 is 0. The number of carbonyl (C=O) groups excluding carboxylic acids is 1. The van der Waals surface area contributed by atoms with Crippen molar-refractivity contribution in [3.05, 3.63) is 35.9 Å². The molecular weight excluding hydrogens is 401 g/mol. The van der Waals surface area contributed by atoms with Gasteiger partial charge in [-0.05, 0) is 24.3 Å². The van der Waals surface area contributed by atoms with Crippen molar-refractivity contribution in [2.24, 2.45) is 17.3 Å². The van der Waals surface area contributed by atoms with Gasteiger partial charge in [-0.25, -0.2) is 4.79 Å². The number of carbonyl (C=O) groups is 2. The number of hydrogen-bond donors (Lipinski definition) is 2. The van der Waals surface area contributed by atoms with Gasteiger partial charge in [-0.3, -0.25) is 9.69 Å². The normalized spacial score (nSPS) is 25.9. The number of carboxylic acids is 1. The molecule has 0 radical (unpaired) electrons. The summed E-state index contributed by atoms with van der Waals surface area (Å²) in [5.74, 6) is -1.30. The van der Waals surface area contributed by atoms with Crippen LogP contribution in [0, 0.1) is 17.3 Å². The van der Waals surface area contributed by atoms with Crippen LogP contribution < -0.4 is 5.32 Å². The molecule has 0 unspecified atom stereocenters. The highest BCUT2D eigenvalue weighted by atomic mass is 19.4. The third kappa shape index (κ3) is 6.18.